The summed E-state index contributed by atoms with van der Waals surface area (Å²) in [5.41, 5.74) is 0.833. The molecule has 0 aliphatic heterocycles. The zero-order valence-electron chi connectivity index (χ0n) is 9.27. The molecule has 0 fully saturated rings. The summed E-state index contributed by atoms with van der Waals surface area (Å²) in [5, 5.41) is 0. The lowest BCUT2D eigenvalue weighted by atomic mass is 9.79. The molecular formula is C13H15F3. The summed E-state index contributed by atoms with van der Waals surface area (Å²) in [5.74, 6) is -1.31. The summed E-state index contributed by atoms with van der Waals surface area (Å²) in [6.45, 7) is 5.74. The van der Waals surface area contributed by atoms with Gasteiger partial charge in [0.2, 0.25) is 0 Å². The fourth-order valence-electron chi connectivity index (χ4n) is 1.69. The van der Waals surface area contributed by atoms with E-state index in [0.29, 0.717) is 12.8 Å². The number of rotatable bonds is 4. The first-order valence-corrected chi connectivity index (χ1v) is 5.17. The zero-order chi connectivity index (χ0) is 12.2. The van der Waals surface area contributed by atoms with Crippen molar-refractivity contribution in [3.8, 4) is 0 Å². The molecule has 16 heavy (non-hydrogen) atoms. The topological polar surface area (TPSA) is 0 Å². The SMILES string of the molecule is C=CC1(C)C=CC=C(CCC(F)=C(F)F)C1. The van der Waals surface area contributed by atoms with Crippen LogP contribution in [-0.4, -0.2) is 0 Å². The van der Waals surface area contributed by atoms with Crippen LogP contribution in [-0.2, 0) is 0 Å². The highest BCUT2D eigenvalue weighted by atomic mass is 19.3. The Hall–Kier alpha value is -1.25. The molecule has 0 saturated carbocycles. The van der Waals surface area contributed by atoms with Crippen molar-refractivity contribution in [2.45, 2.75) is 26.2 Å². The molecule has 0 saturated heterocycles. The third kappa shape index (κ3) is 3.40. The van der Waals surface area contributed by atoms with E-state index in [2.05, 4.69) is 6.58 Å². The Morgan fingerprint density at radius 3 is 2.75 bits per heavy atom. The second kappa shape index (κ2) is 5.19. The Labute approximate surface area is 93.9 Å². The van der Waals surface area contributed by atoms with Gasteiger partial charge in [0.15, 0.2) is 5.83 Å². The summed E-state index contributed by atoms with van der Waals surface area (Å²) >= 11 is 0. The minimum absolute atomic E-state index is 0.140. The minimum atomic E-state index is -2.21. The molecule has 1 rings (SSSR count). The van der Waals surface area contributed by atoms with E-state index >= 15 is 0 Å². The second-order valence-electron chi connectivity index (χ2n) is 4.24. The molecule has 0 aromatic heterocycles. The number of halogens is 3. The Morgan fingerprint density at radius 1 is 1.50 bits per heavy atom. The van der Waals surface area contributed by atoms with Gasteiger partial charge in [0.05, 0.1) is 0 Å². The molecule has 1 aliphatic rings. The molecule has 0 spiro atoms. The molecule has 0 amide bonds. The maximum atomic E-state index is 12.6. The summed E-state index contributed by atoms with van der Waals surface area (Å²) < 4.78 is 36.3. The van der Waals surface area contributed by atoms with Crippen LogP contribution < -0.4 is 0 Å². The second-order valence-corrected chi connectivity index (χ2v) is 4.24. The third-order valence-electron chi connectivity index (χ3n) is 2.75. The highest BCUT2D eigenvalue weighted by molar-refractivity contribution is 5.27. The normalized spacial score (nSPS) is 23.9. The first kappa shape index (κ1) is 12.8. The standard InChI is InChI=1S/C13H15F3/c1-3-13(2)8-4-5-10(9-13)6-7-11(14)12(15)16/h3-5,8H,1,6-7,9H2,2H3. The number of hydrogen-bond donors (Lipinski definition) is 0. The van der Waals surface area contributed by atoms with Gasteiger partial charge in [0.25, 0.3) is 0 Å². The quantitative estimate of drug-likeness (QED) is 0.599. The van der Waals surface area contributed by atoms with E-state index < -0.39 is 11.9 Å². The Morgan fingerprint density at radius 2 is 2.19 bits per heavy atom. The molecule has 0 nitrogen and oxygen atoms in total. The smallest absolute Gasteiger partial charge is 0.206 e. The van der Waals surface area contributed by atoms with E-state index in [-0.39, 0.29) is 11.8 Å². The summed E-state index contributed by atoms with van der Waals surface area (Å²) in [6, 6.07) is 0. The molecular weight excluding hydrogens is 213 g/mol. The van der Waals surface area contributed by atoms with E-state index in [1.165, 1.54) is 0 Å². The first-order valence-electron chi connectivity index (χ1n) is 5.17. The number of allylic oxidation sites excluding steroid dienone is 6. The van der Waals surface area contributed by atoms with E-state index in [1.54, 1.807) is 0 Å². The van der Waals surface area contributed by atoms with Gasteiger partial charge in [-0.2, -0.15) is 8.78 Å². The molecule has 0 heterocycles. The molecule has 0 N–H and O–H groups in total. The van der Waals surface area contributed by atoms with Crippen LogP contribution >= 0.6 is 0 Å². The van der Waals surface area contributed by atoms with Crippen molar-refractivity contribution in [2.24, 2.45) is 5.41 Å². The number of hydrogen-bond acceptors (Lipinski definition) is 0. The predicted molar refractivity (Wildman–Crippen MR) is 59.7 cm³/mol. The van der Waals surface area contributed by atoms with Crippen LogP contribution in [0.25, 0.3) is 0 Å². The van der Waals surface area contributed by atoms with Crippen LogP contribution in [0.4, 0.5) is 13.2 Å². The average Bonchev–Trinajstić information content (AvgIpc) is 2.26. The lowest BCUT2D eigenvalue weighted by Crippen LogP contribution is -2.12. The van der Waals surface area contributed by atoms with Crippen LogP contribution in [0, 0.1) is 5.41 Å². The molecule has 1 atom stereocenters. The van der Waals surface area contributed by atoms with Gasteiger partial charge in [-0.05, 0) is 12.8 Å². The Bertz CT molecular complexity index is 359. The summed E-state index contributed by atoms with van der Waals surface area (Å²) in [6.07, 6.45) is 6.16. The molecule has 1 aliphatic carbocycles. The molecule has 3 heteroatoms. The van der Waals surface area contributed by atoms with Crippen molar-refractivity contribution in [3.05, 3.63) is 48.4 Å². The van der Waals surface area contributed by atoms with Gasteiger partial charge in [-0.15, -0.1) is 6.58 Å². The highest BCUT2D eigenvalue weighted by Crippen LogP contribution is 2.34. The van der Waals surface area contributed by atoms with Crippen molar-refractivity contribution >= 4 is 0 Å². The van der Waals surface area contributed by atoms with Crippen molar-refractivity contribution < 1.29 is 13.2 Å². The van der Waals surface area contributed by atoms with Crippen molar-refractivity contribution in [2.75, 3.05) is 0 Å². The molecule has 0 bridgehead atoms. The monoisotopic (exact) mass is 228 g/mol. The van der Waals surface area contributed by atoms with Gasteiger partial charge in [-0.3, -0.25) is 0 Å². The van der Waals surface area contributed by atoms with E-state index in [4.69, 9.17) is 0 Å². The van der Waals surface area contributed by atoms with Gasteiger partial charge in [-0.1, -0.05) is 36.8 Å². The van der Waals surface area contributed by atoms with Gasteiger partial charge < -0.3 is 0 Å². The third-order valence-corrected chi connectivity index (χ3v) is 2.75. The van der Waals surface area contributed by atoms with Gasteiger partial charge in [0, 0.05) is 11.8 Å². The van der Waals surface area contributed by atoms with Gasteiger partial charge in [-0.25, -0.2) is 4.39 Å². The zero-order valence-corrected chi connectivity index (χ0v) is 9.27. The minimum Gasteiger partial charge on any atom is -0.206 e. The fourth-order valence-corrected chi connectivity index (χ4v) is 1.69. The molecule has 0 radical (unpaired) electrons. The van der Waals surface area contributed by atoms with Crippen LogP contribution in [0.2, 0.25) is 0 Å². The van der Waals surface area contributed by atoms with Crippen LogP contribution in [0.3, 0.4) is 0 Å². The highest BCUT2D eigenvalue weighted by Gasteiger charge is 2.21. The lowest BCUT2D eigenvalue weighted by molar-refractivity contribution is 0.369. The molecule has 0 aromatic carbocycles. The predicted octanol–water partition coefficient (Wildman–Crippen LogP) is 4.92. The molecule has 0 aromatic rings. The van der Waals surface area contributed by atoms with Crippen LogP contribution in [0.15, 0.2) is 48.4 Å². The van der Waals surface area contributed by atoms with E-state index in [1.807, 2.05) is 31.2 Å². The maximum absolute atomic E-state index is 12.6. The lowest BCUT2D eigenvalue weighted by Gasteiger charge is -2.26. The van der Waals surface area contributed by atoms with Gasteiger partial charge in [0.1, 0.15) is 0 Å². The van der Waals surface area contributed by atoms with Crippen molar-refractivity contribution in [3.63, 3.8) is 0 Å². The first-order chi connectivity index (χ1) is 7.47. The molecule has 88 valence electrons. The fraction of sp³-hybridized carbons (Fsp3) is 0.385. The van der Waals surface area contributed by atoms with Gasteiger partial charge >= 0.3 is 6.08 Å². The average molecular weight is 228 g/mol. The maximum Gasteiger partial charge on any atom is 0.301 e. The summed E-state index contributed by atoms with van der Waals surface area (Å²) in [4.78, 5) is 0. The summed E-state index contributed by atoms with van der Waals surface area (Å²) in [7, 11) is 0. The van der Waals surface area contributed by atoms with E-state index in [0.717, 1.165) is 5.57 Å². The molecule has 1 unspecified atom stereocenters. The van der Waals surface area contributed by atoms with Crippen LogP contribution in [0.1, 0.15) is 26.2 Å². The van der Waals surface area contributed by atoms with Crippen LogP contribution in [0.5, 0.6) is 0 Å². The van der Waals surface area contributed by atoms with E-state index in [9.17, 15) is 13.2 Å². The Balaban J connectivity index is 2.58. The Kier molecular flexibility index (Phi) is 4.16. The largest absolute Gasteiger partial charge is 0.301 e. The van der Waals surface area contributed by atoms with Crippen molar-refractivity contribution in [1.82, 2.24) is 0 Å². The van der Waals surface area contributed by atoms with Crippen molar-refractivity contribution in [1.29, 1.82) is 0 Å².